The number of benzene rings is 3. The zero-order chi connectivity index (χ0) is 22.5. The van der Waals surface area contributed by atoms with Gasteiger partial charge in [0.2, 0.25) is 12.3 Å². The zero-order valence-electron chi connectivity index (χ0n) is 18.1. The predicted molar refractivity (Wildman–Crippen MR) is 123 cm³/mol. The van der Waals surface area contributed by atoms with Gasteiger partial charge in [0.25, 0.3) is 5.91 Å². The molecule has 6 heteroatoms. The molecule has 0 spiro atoms. The highest BCUT2D eigenvalue weighted by Crippen LogP contribution is 2.25. The summed E-state index contributed by atoms with van der Waals surface area (Å²) in [7, 11) is 0. The number of rotatable bonds is 6. The van der Waals surface area contributed by atoms with E-state index in [-0.39, 0.29) is 11.8 Å². The van der Waals surface area contributed by atoms with E-state index >= 15 is 0 Å². The van der Waals surface area contributed by atoms with E-state index in [4.69, 9.17) is 4.74 Å². The second-order valence-electron chi connectivity index (χ2n) is 7.69. The van der Waals surface area contributed by atoms with Gasteiger partial charge in [0.15, 0.2) is 6.04 Å². The lowest BCUT2D eigenvalue weighted by Gasteiger charge is -2.14. The van der Waals surface area contributed by atoms with E-state index in [1.54, 1.807) is 16.8 Å². The minimum absolute atomic E-state index is 0.262. The Balaban J connectivity index is 1.64. The van der Waals surface area contributed by atoms with Crippen LogP contribution >= 0.6 is 0 Å². The zero-order valence-corrected chi connectivity index (χ0v) is 18.1. The van der Waals surface area contributed by atoms with Crippen LogP contribution in [0.15, 0.2) is 78.9 Å². The number of ether oxygens (including phenoxy) is 1. The van der Waals surface area contributed by atoms with Gasteiger partial charge < -0.3 is 10.1 Å². The van der Waals surface area contributed by atoms with Crippen molar-refractivity contribution in [3.8, 4) is 5.75 Å². The van der Waals surface area contributed by atoms with Gasteiger partial charge >= 0.3 is 5.91 Å². The third-order valence-corrected chi connectivity index (χ3v) is 5.36. The molecule has 3 aromatic carbocycles. The third kappa shape index (κ3) is 4.70. The maximum atomic E-state index is 12.9. The van der Waals surface area contributed by atoms with E-state index in [9.17, 15) is 9.59 Å². The summed E-state index contributed by atoms with van der Waals surface area (Å²) >= 11 is 0. The van der Waals surface area contributed by atoms with Gasteiger partial charge in [0, 0.05) is 16.7 Å². The van der Waals surface area contributed by atoms with Crippen LogP contribution in [0.3, 0.4) is 0 Å². The molecule has 4 rings (SSSR count). The SMILES string of the molecule is CCOc1ccc(/C=[N+]2\NC(=O)[C@H](NC(=O)c3ccc(C)cc3)[C@@H]2c2ccccc2)cc1. The molecule has 2 atom stereocenters. The number of hydrazone groups is 1. The Bertz CT molecular complexity index is 1120. The van der Waals surface area contributed by atoms with E-state index < -0.39 is 12.1 Å². The molecular weight excluding hydrogens is 402 g/mol. The Labute approximate surface area is 187 Å². The molecule has 1 heterocycles. The highest BCUT2D eigenvalue weighted by molar-refractivity contribution is 5.98. The van der Waals surface area contributed by atoms with Crippen LogP contribution in [-0.4, -0.2) is 35.4 Å². The van der Waals surface area contributed by atoms with E-state index in [2.05, 4.69) is 10.7 Å². The van der Waals surface area contributed by atoms with Gasteiger partial charge in [0.1, 0.15) is 5.75 Å². The topological polar surface area (TPSA) is 70.4 Å². The Morgan fingerprint density at radius 3 is 2.38 bits per heavy atom. The third-order valence-electron chi connectivity index (χ3n) is 5.36. The number of carbonyl (C=O) groups is 2. The molecule has 2 N–H and O–H groups in total. The molecule has 1 saturated heterocycles. The summed E-state index contributed by atoms with van der Waals surface area (Å²) in [5.74, 6) is 0.244. The lowest BCUT2D eigenvalue weighted by atomic mass is 9.99. The minimum Gasteiger partial charge on any atom is -0.494 e. The summed E-state index contributed by atoms with van der Waals surface area (Å²) < 4.78 is 7.26. The smallest absolute Gasteiger partial charge is 0.304 e. The van der Waals surface area contributed by atoms with E-state index in [0.717, 1.165) is 22.4 Å². The second-order valence-corrected chi connectivity index (χ2v) is 7.69. The summed E-state index contributed by atoms with van der Waals surface area (Å²) in [4.78, 5) is 25.8. The second kappa shape index (κ2) is 9.47. The summed E-state index contributed by atoms with van der Waals surface area (Å²) in [6.07, 6.45) is 1.86. The Morgan fingerprint density at radius 1 is 1.03 bits per heavy atom. The quantitative estimate of drug-likeness (QED) is 0.591. The Kier molecular flexibility index (Phi) is 6.31. The van der Waals surface area contributed by atoms with Crippen molar-refractivity contribution >= 4 is 18.0 Å². The van der Waals surface area contributed by atoms with Crippen molar-refractivity contribution in [3.63, 3.8) is 0 Å². The molecule has 0 radical (unpaired) electrons. The highest BCUT2D eigenvalue weighted by atomic mass is 16.5. The largest absolute Gasteiger partial charge is 0.494 e. The Hall–Kier alpha value is -3.93. The molecule has 1 fully saturated rings. The van der Waals surface area contributed by atoms with Crippen molar-refractivity contribution in [2.45, 2.75) is 25.9 Å². The molecule has 6 nitrogen and oxygen atoms in total. The fourth-order valence-electron chi connectivity index (χ4n) is 3.74. The van der Waals surface area contributed by atoms with Gasteiger partial charge in [-0.15, -0.1) is 10.1 Å². The molecule has 0 saturated carbocycles. The molecule has 32 heavy (non-hydrogen) atoms. The van der Waals surface area contributed by atoms with Crippen molar-refractivity contribution in [1.29, 1.82) is 0 Å². The van der Waals surface area contributed by atoms with Crippen LogP contribution in [0.25, 0.3) is 0 Å². The molecule has 0 aromatic heterocycles. The molecule has 162 valence electrons. The molecule has 1 aliphatic heterocycles. The molecule has 3 aromatic rings. The van der Waals surface area contributed by atoms with Gasteiger partial charge in [-0.2, -0.15) is 0 Å². The van der Waals surface area contributed by atoms with Crippen LogP contribution in [0.2, 0.25) is 0 Å². The fourth-order valence-corrected chi connectivity index (χ4v) is 3.74. The van der Waals surface area contributed by atoms with E-state index in [1.165, 1.54) is 0 Å². The van der Waals surface area contributed by atoms with Crippen LogP contribution in [0.4, 0.5) is 0 Å². The molecule has 0 bridgehead atoms. The number of nitrogens with one attached hydrogen (secondary N) is 2. The first-order valence-corrected chi connectivity index (χ1v) is 10.6. The first-order valence-electron chi connectivity index (χ1n) is 10.6. The summed E-state index contributed by atoms with van der Waals surface area (Å²) in [6.45, 7) is 4.51. The number of hydrazine groups is 1. The normalized spacial score (nSPS) is 18.9. The summed E-state index contributed by atoms with van der Waals surface area (Å²) in [5, 5.41) is 2.92. The maximum Gasteiger partial charge on any atom is 0.304 e. The predicted octanol–water partition coefficient (Wildman–Crippen LogP) is 3.41. The van der Waals surface area contributed by atoms with E-state index in [0.29, 0.717) is 12.2 Å². The number of nitrogens with zero attached hydrogens (tertiary/aromatic N) is 1. The molecule has 2 amide bonds. The van der Waals surface area contributed by atoms with Crippen molar-refractivity contribution in [1.82, 2.24) is 10.7 Å². The van der Waals surface area contributed by atoms with Gasteiger partial charge in [-0.05, 0) is 50.2 Å². The number of hydrogen-bond acceptors (Lipinski definition) is 3. The number of aryl methyl sites for hydroxylation is 1. The number of carbonyl (C=O) groups excluding carboxylic acids is 2. The molecule has 1 aliphatic rings. The Morgan fingerprint density at radius 2 is 1.72 bits per heavy atom. The van der Waals surface area contributed by atoms with Crippen LogP contribution in [0.1, 0.15) is 40.0 Å². The number of hydrogen-bond donors (Lipinski definition) is 2. The minimum atomic E-state index is -0.745. The molecule has 0 aliphatic carbocycles. The van der Waals surface area contributed by atoms with E-state index in [1.807, 2.05) is 86.8 Å². The summed E-state index contributed by atoms with van der Waals surface area (Å²) in [5.41, 5.74) is 6.31. The lowest BCUT2D eigenvalue weighted by molar-refractivity contribution is -0.596. The average molecular weight is 429 g/mol. The van der Waals surface area contributed by atoms with Crippen molar-refractivity contribution in [3.05, 3.63) is 101 Å². The fraction of sp³-hybridized carbons (Fsp3) is 0.192. The highest BCUT2D eigenvalue weighted by Gasteiger charge is 2.47. The van der Waals surface area contributed by atoms with Crippen molar-refractivity contribution in [2.75, 3.05) is 6.61 Å². The van der Waals surface area contributed by atoms with Crippen LogP contribution in [0.5, 0.6) is 5.75 Å². The van der Waals surface area contributed by atoms with Crippen molar-refractivity contribution in [2.24, 2.45) is 0 Å². The monoisotopic (exact) mass is 428 g/mol. The summed E-state index contributed by atoms with van der Waals surface area (Å²) in [6, 6.07) is 23.5. The standard InChI is InChI=1S/C26H25N3O3/c1-3-32-22-15-11-19(12-16-22)17-29-24(20-7-5-4-6-8-20)23(26(31)28-29)27-25(30)21-13-9-18(2)10-14-21/h4-17,23-24H,3H2,1-2H3,(H-,27,28,30,31)/p+1/b29-17-/t23-,24+/m1/s1. The van der Waals surface area contributed by atoms with Crippen LogP contribution < -0.4 is 15.5 Å². The van der Waals surface area contributed by atoms with Gasteiger partial charge in [0.05, 0.1) is 6.61 Å². The maximum absolute atomic E-state index is 12.9. The van der Waals surface area contributed by atoms with Gasteiger partial charge in [-0.1, -0.05) is 48.0 Å². The van der Waals surface area contributed by atoms with Crippen LogP contribution in [-0.2, 0) is 4.79 Å². The molecular formula is C26H26N3O3+. The van der Waals surface area contributed by atoms with Gasteiger partial charge in [-0.3, -0.25) is 9.59 Å². The first-order chi connectivity index (χ1) is 15.5. The first kappa shape index (κ1) is 21.3. The lowest BCUT2D eigenvalue weighted by Crippen LogP contribution is -2.42. The molecule has 0 unspecified atom stereocenters. The number of amides is 2. The van der Waals surface area contributed by atoms with Crippen LogP contribution in [0, 0.1) is 6.92 Å². The van der Waals surface area contributed by atoms with Gasteiger partial charge in [-0.25, -0.2) is 0 Å². The average Bonchev–Trinajstić information content (AvgIpc) is 3.10. The van der Waals surface area contributed by atoms with Crippen molar-refractivity contribution < 1.29 is 19.0 Å².